The summed E-state index contributed by atoms with van der Waals surface area (Å²) in [5.74, 6) is 0.287. The molecule has 5 heteroatoms. The molecule has 1 unspecified atom stereocenters. The number of hydrogen-bond acceptors (Lipinski definition) is 3. The minimum Gasteiger partial charge on any atom is -0.306 e. The maximum Gasteiger partial charge on any atom is 0.153 e. The van der Waals surface area contributed by atoms with Crippen LogP contribution in [-0.2, 0) is 17.5 Å². The topological polar surface area (TPSA) is 50.2 Å². The first-order valence-electron chi connectivity index (χ1n) is 4.17. The van der Waals surface area contributed by atoms with Crippen molar-refractivity contribution in [1.29, 1.82) is 0 Å². The molecule has 0 amide bonds. The van der Waals surface area contributed by atoms with Gasteiger partial charge in [0.1, 0.15) is 0 Å². The summed E-state index contributed by atoms with van der Waals surface area (Å²) >= 11 is -0.301. The summed E-state index contributed by atoms with van der Waals surface area (Å²) in [7, 11) is 0. The fourth-order valence-corrected chi connectivity index (χ4v) is 2.46. The van der Waals surface area contributed by atoms with E-state index >= 15 is 0 Å². The quantitative estimate of drug-likeness (QED) is 0.816. The zero-order valence-electron chi connectivity index (χ0n) is 7.34. The summed E-state index contributed by atoms with van der Waals surface area (Å²) < 4.78 is 23.5. The van der Waals surface area contributed by atoms with Crippen molar-refractivity contribution in [1.82, 2.24) is 4.37 Å². The molecular weight excluding hydrogens is 218 g/mol. The van der Waals surface area contributed by atoms with Gasteiger partial charge in [0.25, 0.3) is 0 Å². The van der Waals surface area contributed by atoms with Crippen molar-refractivity contribution in [3.63, 3.8) is 0 Å². The number of fused-ring (bicyclic) bond motifs is 1. The number of hydrogen-bond donors (Lipinski definition) is 1. The molecule has 3 nitrogen and oxygen atoms in total. The monoisotopic (exact) mass is 227 g/mol. The van der Waals surface area contributed by atoms with Crippen LogP contribution in [0.4, 0.5) is 0 Å². The highest BCUT2D eigenvalue weighted by Crippen LogP contribution is 2.20. The molecular formula is C9H9NO2S2. The molecule has 0 bridgehead atoms. The molecule has 0 spiro atoms. The first-order chi connectivity index (χ1) is 6.77. The van der Waals surface area contributed by atoms with Gasteiger partial charge in [0, 0.05) is 10.8 Å². The summed E-state index contributed by atoms with van der Waals surface area (Å²) in [5.41, 5.74) is 2.06. The van der Waals surface area contributed by atoms with E-state index in [1.807, 2.05) is 23.6 Å². The van der Waals surface area contributed by atoms with Gasteiger partial charge in [-0.2, -0.15) is 4.37 Å². The van der Waals surface area contributed by atoms with Gasteiger partial charge in [0.2, 0.25) is 0 Å². The van der Waals surface area contributed by atoms with E-state index in [2.05, 4.69) is 4.37 Å². The molecule has 1 aromatic carbocycles. The van der Waals surface area contributed by atoms with Crippen LogP contribution in [0.2, 0.25) is 0 Å². The maximum atomic E-state index is 10.5. The van der Waals surface area contributed by atoms with Crippen LogP contribution in [-0.4, -0.2) is 18.9 Å². The highest BCUT2D eigenvalue weighted by atomic mass is 32.2. The van der Waals surface area contributed by atoms with Gasteiger partial charge in [-0.05, 0) is 29.6 Å². The Morgan fingerprint density at radius 1 is 1.50 bits per heavy atom. The average Bonchev–Trinajstić information content (AvgIpc) is 2.62. The van der Waals surface area contributed by atoms with E-state index in [1.54, 1.807) is 0 Å². The van der Waals surface area contributed by atoms with Crippen molar-refractivity contribution in [2.45, 2.75) is 6.42 Å². The van der Waals surface area contributed by atoms with Crippen molar-refractivity contribution in [3.8, 4) is 0 Å². The number of rotatable bonds is 3. The molecule has 0 saturated heterocycles. The van der Waals surface area contributed by atoms with E-state index in [9.17, 15) is 4.21 Å². The van der Waals surface area contributed by atoms with Crippen LogP contribution < -0.4 is 0 Å². The summed E-state index contributed by atoms with van der Waals surface area (Å²) in [6, 6.07) is 5.85. The second-order valence-electron chi connectivity index (χ2n) is 2.94. The van der Waals surface area contributed by atoms with Gasteiger partial charge < -0.3 is 4.55 Å². The zero-order chi connectivity index (χ0) is 9.97. The predicted octanol–water partition coefficient (Wildman–Crippen LogP) is 2.06. The largest absolute Gasteiger partial charge is 0.306 e. The fraction of sp³-hybridized carbons (Fsp3) is 0.222. The molecule has 0 radical (unpaired) electrons. The zero-order valence-corrected chi connectivity index (χ0v) is 8.98. The minimum absolute atomic E-state index is 0.287. The Kier molecular flexibility index (Phi) is 2.90. The third-order valence-electron chi connectivity index (χ3n) is 2.04. The van der Waals surface area contributed by atoms with Crippen molar-refractivity contribution >= 4 is 33.5 Å². The van der Waals surface area contributed by atoms with E-state index < -0.39 is 11.1 Å². The Morgan fingerprint density at radius 2 is 2.36 bits per heavy atom. The summed E-state index contributed by atoms with van der Waals surface area (Å²) in [4.78, 5) is 0. The second kappa shape index (κ2) is 4.16. The first-order valence-corrected chi connectivity index (χ1v) is 6.28. The van der Waals surface area contributed by atoms with Gasteiger partial charge in [-0.15, -0.1) is 0 Å². The Labute approximate surface area is 88.2 Å². The van der Waals surface area contributed by atoms with Crippen LogP contribution in [0.25, 0.3) is 10.9 Å². The van der Waals surface area contributed by atoms with E-state index in [-0.39, 0.29) is 5.75 Å². The van der Waals surface area contributed by atoms with E-state index in [1.165, 1.54) is 11.5 Å². The predicted molar refractivity (Wildman–Crippen MR) is 59.0 cm³/mol. The van der Waals surface area contributed by atoms with E-state index in [0.717, 1.165) is 16.5 Å². The van der Waals surface area contributed by atoms with Crippen molar-refractivity contribution < 1.29 is 8.76 Å². The molecule has 1 aromatic heterocycles. The van der Waals surface area contributed by atoms with Gasteiger partial charge in [0.05, 0.1) is 11.3 Å². The fourth-order valence-electron chi connectivity index (χ4n) is 1.37. The lowest BCUT2D eigenvalue weighted by molar-refractivity contribution is 0.564. The lowest BCUT2D eigenvalue weighted by Gasteiger charge is -1.99. The van der Waals surface area contributed by atoms with Gasteiger partial charge >= 0.3 is 0 Å². The molecule has 2 rings (SSSR count). The van der Waals surface area contributed by atoms with E-state index in [0.29, 0.717) is 6.42 Å². The van der Waals surface area contributed by atoms with Gasteiger partial charge in [-0.3, -0.25) is 0 Å². The normalized spacial score (nSPS) is 13.2. The van der Waals surface area contributed by atoms with Gasteiger partial charge in [-0.25, -0.2) is 4.21 Å². The highest BCUT2D eigenvalue weighted by molar-refractivity contribution is 7.79. The lowest BCUT2D eigenvalue weighted by atomic mass is 10.1. The van der Waals surface area contributed by atoms with Crippen LogP contribution >= 0.6 is 11.5 Å². The molecule has 0 saturated carbocycles. The molecule has 14 heavy (non-hydrogen) atoms. The van der Waals surface area contributed by atoms with Crippen LogP contribution in [0, 0.1) is 0 Å². The summed E-state index contributed by atoms with van der Waals surface area (Å²) in [6.07, 6.45) is 0.624. The molecule has 1 atom stereocenters. The van der Waals surface area contributed by atoms with Gasteiger partial charge in [-0.1, -0.05) is 12.1 Å². The molecule has 0 aliphatic carbocycles. The molecule has 0 aliphatic rings. The first kappa shape index (κ1) is 9.76. The lowest BCUT2D eigenvalue weighted by Crippen LogP contribution is -1.99. The van der Waals surface area contributed by atoms with Crippen LogP contribution in [0.5, 0.6) is 0 Å². The molecule has 1 heterocycles. The van der Waals surface area contributed by atoms with Crippen molar-refractivity contribution in [2.75, 3.05) is 5.75 Å². The third kappa shape index (κ3) is 2.00. The summed E-state index contributed by atoms with van der Waals surface area (Å²) in [5, 5.41) is 3.08. The Morgan fingerprint density at radius 3 is 3.14 bits per heavy atom. The molecule has 2 aromatic rings. The van der Waals surface area contributed by atoms with Crippen LogP contribution in [0.3, 0.4) is 0 Å². The smallest absolute Gasteiger partial charge is 0.153 e. The SMILES string of the molecule is O=S(O)CCc1cccc2nscc12. The average molecular weight is 227 g/mol. The molecule has 1 N–H and O–H groups in total. The number of benzene rings is 1. The minimum atomic E-state index is -1.71. The third-order valence-corrected chi connectivity index (χ3v) is 3.24. The standard InChI is InChI=1S/C9H9NO2S2/c11-14(12)5-4-7-2-1-3-9-8(7)6-13-10-9/h1-3,6H,4-5H2,(H,11,12). The highest BCUT2D eigenvalue weighted by Gasteiger charge is 2.03. The Balaban J connectivity index is 2.32. The van der Waals surface area contributed by atoms with Gasteiger partial charge in [0.15, 0.2) is 11.1 Å². The van der Waals surface area contributed by atoms with Crippen molar-refractivity contribution in [2.24, 2.45) is 0 Å². The number of nitrogens with zero attached hydrogens (tertiary/aromatic N) is 1. The maximum absolute atomic E-state index is 10.5. The second-order valence-corrected chi connectivity index (χ2v) is 4.62. The Hall–Kier alpha value is -0.780. The van der Waals surface area contributed by atoms with Crippen LogP contribution in [0.15, 0.2) is 23.6 Å². The molecule has 0 fully saturated rings. The Bertz CT molecular complexity index is 467. The molecule has 0 aliphatic heterocycles. The van der Waals surface area contributed by atoms with Crippen molar-refractivity contribution in [3.05, 3.63) is 29.1 Å². The molecule has 74 valence electrons. The van der Waals surface area contributed by atoms with Crippen LogP contribution in [0.1, 0.15) is 5.56 Å². The summed E-state index contributed by atoms with van der Waals surface area (Å²) in [6.45, 7) is 0. The van der Waals surface area contributed by atoms with E-state index in [4.69, 9.17) is 4.55 Å². The number of aryl methyl sites for hydroxylation is 1. The number of aromatic nitrogens is 1.